The fourth-order valence-corrected chi connectivity index (χ4v) is 2.20. The first-order chi connectivity index (χ1) is 4.85. The van der Waals surface area contributed by atoms with E-state index in [2.05, 4.69) is 12.4 Å². The van der Waals surface area contributed by atoms with Gasteiger partial charge in [-0.25, -0.2) is 0 Å². The molecule has 2 saturated carbocycles. The number of nitrogens with one attached hydrogen (secondary N) is 1. The fourth-order valence-electron chi connectivity index (χ4n) is 2.20. The SMILES string of the molecule is CNC1CCC2(CC1)CC2. The fraction of sp³-hybridized carbons (Fsp3) is 1.00. The smallest absolute Gasteiger partial charge is 0.00644 e. The Morgan fingerprint density at radius 1 is 1.10 bits per heavy atom. The molecule has 0 aromatic carbocycles. The van der Waals surface area contributed by atoms with Crippen LogP contribution in [0.1, 0.15) is 38.5 Å². The van der Waals surface area contributed by atoms with Crippen molar-refractivity contribution in [1.29, 1.82) is 0 Å². The van der Waals surface area contributed by atoms with Gasteiger partial charge in [0.05, 0.1) is 0 Å². The lowest BCUT2D eigenvalue weighted by Crippen LogP contribution is -2.30. The molecule has 1 N–H and O–H groups in total. The van der Waals surface area contributed by atoms with Crippen molar-refractivity contribution < 1.29 is 0 Å². The molecule has 0 aromatic rings. The lowest BCUT2D eigenvalue weighted by Gasteiger charge is -2.27. The minimum Gasteiger partial charge on any atom is -0.317 e. The van der Waals surface area contributed by atoms with Gasteiger partial charge in [0.2, 0.25) is 0 Å². The first-order valence-corrected chi connectivity index (χ1v) is 4.52. The van der Waals surface area contributed by atoms with E-state index in [1.54, 1.807) is 0 Å². The largest absolute Gasteiger partial charge is 0.317 e. The summed E-state index contributed by atoms with van der Waals surface area (Å²) in [5.41, 5.74) is 0.868. The topological polar surface area (TPSA) is 12.0 Å². The zero-order chi connectivity index (χ0) is 7.03. The van der Waals surface area contributed by atoms with Crippen molar-refractivity contribution in [2.45, 2.75) is 44.6 Å². The van der Waals surface area contributed by atoms with Crippen molar-refractivity contribution in [3.63, 3.8) is 0 Å². The Hall–Kier alpha value is -0.0400. The summed E-state index contributed by atoms with van der Waals surface area (Å²) >= 11 is 0. The van der Waals surface area contributed by atoms with Gasteiger partial charge in [0, 0.05) is 6.04 Å². The van der Waals surface area contributed by atoms with Crippen molar-refractivity contribution >= 4 is 0 Å². The van der Waals surface area contributed by atoms with Crippen molar-refractivity contribution in [3.8, 4) is 0 Å². The van der Waals surface area contributed by atoms with Gasteiger partial charge in [0.25, 0.3) is 0 Å². The molecule has 2 rings (SSSR count). The predicted octanol–water partition coefficient (Wildman–Crippen LogP) is 1.93. The monoisotopic (exact) mass is 139 g/mol. The molecule has 0 aromatic heterocycles. The highest BCUT2D eigenvalue weighted by Crippen LogP contribution is 2.55. The summed E-state index contributed by atoms with van der Waals surface area (Å²) in [6.45, 7) is 0. The lowest BCUT2D eigenvalue weighted by atomic mass is 9.83. The van der Waals surface area contributed by atoms with E-state index in [1.165, 1.54) is 38.5 Å². The third-order valence-electron chi connectivity index (χ3n) is 3.41. The Bertz CT molecular complexity index is 117. The van der Waals surface area contributed by atoms with Gasteiger partial charge in [-0.15, -0.1) is 0 Å². The Labute approximate surface area is 63.2 Å². The summed E-state index contributed by atoms with van der Waals surface area (Å²) in [5.74, 6) is 0. The van der Waals surface area contributed by atoms with Crippen molar-refractivity contribution in [2.24, 2.45) is 5.41 Å². The molecule has 1 spiro atoms. The van der Waals surface area contributed by atoms with Crippen LogP contribution < -0.4 is 5.32 Å². The minimum absolute atomic E-state index is 0.839. The zero-order valence-electron chi connectivity index (χ0n) is 6.82. The molecule has 0 saturated heterocycles. The van der Waals surface area contributed by atoms with E-state index in [-0.39, 0.29) is 0 Å². The lowest BCUT2D eigenvalue weighted by molar-refractivity contribution is 0.283. The second-order valence-electron chi connectivity index (χ2n) is 4.06. The van der Waals surface area contributed by atoms with Gasteiger partial charge in [-0.2, -0.15) is 0 Å². The average Bonchev–Trinajstić information content (AvgIpc) is 2.72. The molecule has 58 valence electrons. The van der Waals surface area contributed by atoms with Crippen molar-refractivity contribution in [1.82, 2.24) is 5.32 Å². The van der Waals surface area contributed by atoms with Gasteiger partial charge >= 0.3 is 0 Å². The molecule has 2 aliphatic carbocycles. The maximum atomic E-state index is 3.37. The van der Waals surface area contributed by atoms with Crippen LogP contribution in [0.2, 0.25) is 0 Å². The average molecular weight is 139 g/mol. The highest BCUT2D eigenvalue weighted by atomic mass is 14.9. The maximum absolute atomic E-state index is 3.37. The first kappa shape index (κ1) is 6.66. The van der Waals surface area contributed by atoms with E-state index in [0.29, 0.717) is 0 Å². The van der Waals surface area contributed by atoms with Crippen LogP contribution in [0.25, 0.3) is 0 Å². The van der Waals surface area contributed by atoms with Crippen LogP contribution >= 0.6 is 0 Å². The van der Waals surface area contributed by atoms with Gasteiger partial charge < -0.3 is 5.32 Å². The molecule has 1 heteroatoms. The van der Waals surface area contributed by atoms with Gasteiger partial charge in [0.1, 0.15) is 0 Å². The van der Waals surface area contributed by atoms with Crippen LogP contribution in [-0.2, 0) is 0 Å². The summed E-state index contributed by atoms with van der Waals surface area (Å²) in [6, 6.07) is 0.839. The molecule has 0 heterocycles. The van der Waals surface area contributed by atoms with E-state index in [4.69, 9.17) is 0 Å². The third-order valence-corrected chi connectivity index (χ3v) is 3.41. The first-order valence-electron chi connectivity index (χ1n) is 4.52. The van der Waals surface area contributed by atoms with Crippen LogP contribution in [0.15, 0.2) is 0 Å². The molecule has 0 aliphatic heterocycles. The molecule has 2 fully saturated rings. The van der Waals surface area contributed by atoms with E-state index in [9.17, 15) is 0 Å². The highest BCUT2D eigenvalue weighted by Gasteiger charge is 2.44. The number of hydrogen-bond donors (Lipinski definition) is 1. The molecule has 0 bridgehead atoms. The molecular weight excluding hydrogens is 122 g/mol. The van der Waals surface area contributed by atoms with E-state index >= 15 is 0 Å². The second-order valence-corrected chi connectivity index (χ2v) is 4.06. The summed E-state index contributed by atoms with van der Waals surface area (Å²) in [4.78, 5) is 0. The van der Waals surface area contributed by atoms with Crippen LogP contribution in [0.5, 0.6) is 0 Å². The summed E-state index contributed by atoms with van der Waals surface area (Å²) in [6.07, 6.45) is 8.91. The molecule has 0 atom stereocenters. The van der Waals surface area contributed by atoms with Crippen LogP contribution in [0.3, 0.4) is 0 Å². The molecule has 0 unspecified atom stereocenters. The van der Waals surface area contributed by atoms with Gasteiger partial charge in [0.15, 0.2) is 0 Å². The highest BCUT2D eigenvalue weighted by molar-refractivity contribution is 4.97. The van der Waals surface area contributed by atoms with Crippen molar-refractivity contribution in [3.05, 3.63) is 0 Å². The molecule has 0 amide bonds. The summed E-state index contributed by atoms with van der Waals surface area (Å²) in [5, 5.41) is 3.37. The van der Waals surface area contributed by atoms with E-state index in [1.807, 2.05) is 0 Å². The summed E-state index contributed by atoms with van der Waals surface area (Å²) < 4.78 is 0. The molecule has 10 heavy (non-hydrogen) atoms. The van der Waals surface area contributed by atoms with Crippen LogP contribution in [-0.4, -0.2) is 13.1 Å². The second kappa shape index (κ2) is 2.23. The minimum atomic E-state index is 0.839. The van der Waals surface area contributed by atoms with Crippen LogP contribution in [0.4, 0.5) is 0 Å². The standard InChI is InChI=1S/C9H17N/c1-10-8-2-4-9(5-3-8)6-7-9/h8,10H,2-7H2,1H3. The number of hydrogen-bond acceptors (Lipinski definition) is 1. The number of rotatable bonds is 1. The molecule has 2 aliphatic rings. The predicted molar refractivity (Wildman–Crippen MR) is 43.0 cm³/mol. The zero-order valence-corrected chi connectivity index (χ0v) is 6.82. The van der Waals surface area contributed by atoms with Crippen LogP contribution in [0, 0.1) is 5.41 Å². The molecular formula is C9H17N. The molecule has 0 radical (unpaired) electrons. The van der Waals surface area contributed by atoms with E-state index in [0.717, 1.165) is 11.5 Å². The Balaban J connectivity index is 1.84. The Kier molecular flexibility index (Phi) is 1.48. The van der Waals surface area contributed by atoms with E-state index < -0.39 is 0 Å². The van der Waals surface area contributed by atoms with Gasteiger partial charge in [-0.3, -0.25) is 0 Å². The van der Waals surface area contributed by atoms with Gasteiger partial charge in [-0.05, 0) is 51.0 Å². The Morgan fingerprint density at radius 2 is 1.70 bits per heavy atom. The maximum Gasteiger partial charge on any atom is 0.00644 e. The molecule has 1 nitrogen and oxygen atoms in total. The Morgan fingerprint density at radius 3 is 2.10 bits per heavy atom. The van der Waals surface area contributed by atoms with Gasteiger partial charge in [-0.1, -0.05) is 0 Å². The quantitative estimate of drug-likeness (QED) is 0.585. The summed E-state index contributed by atoms with van der Waals surface area (Å²) in [7, 11) is 2.09. The van der Waals surface area contributed by atoms with Crippen molar-refractivity contribution in [2.75, 3.05) is 7.05 Å². The third kappa shape index (κ3) is 1.07. The normalized spacial score (nSPS) is 30.9.